The second kappa shape index (κ2) is 8.73. The topological polar surface area (TPSA) is 75.4 Å². The maximum absolute atomic E-state index is 12.8. The van der Waals surface area contributed by atoms with Gasteiger partial charge in [0.05, 0.1) is 6.54 Å². The number of halogens is 1. The van der Waals surface area contributed by atoms with Crippen molar-refractivity contribution in [3.63, 3.8) is 0 Å². The van der Waals surface area contributed by atoms with E-state index in [1.165, 1.54) is 6.42 Å². The predicted octanol–water partition coefficient (Wildman–Crippen LogP) is 1.55. The van der Waals surface area contributed by atoms with Crippen molar-refractivity contribution in [2.45, 2.75) is 51.5 Å². The van der Waals surface area contributed by atoms with Gasteiger partial charge < -0.3 is 16.0 Å². The highest BCUT2D eigenvalue weighted by molar-refractivity contribution is 5.86. The summed E-state index contributed by atoms with van der Waals surface area (Å²) in [5.41, 5.74) is 6.29. The molecule has 0 radical (unpaired) electrons. The Labute approximate surface area is 139 Å². The molecular weight excluding hydrogens is 302 g/mol. The van der Waals surface area contributed by atoms with Crippen LogP contribution in [-0.4, -0.2) is 42.9 Å². The molecule has 2 fully saturated rings. The molecule has 2 unspecified atom stereocenters. The largest absolute Gasteiger partial charge is 0.358 e. The highest BCUT2D eigenvalue weighted by Gasteiger charge is 2.41. The van der Waals surface area contributed by atoms with Gasteiger partial charge in [0.1, 0.15) is 0 Å². The summed E-state index contributed by atoms with van der Waals surface area (Å²) in [5.74, 6) is 1.12. The van der Waals surface area contributed by atoms with Crippen LogP contribution in [0.3, 0.4) is 0 Å². The van der Waals surface area contributed by atoms with Gasteiger partial charge in [-0.25, -0.2) is 0 Å². The number of nitrogens with two attached hydrogens (primary N) is 1. The number of likely N-dealkylation sites (N-methyl/N-ethyl adjacent to an activating group) is 1. The van der Waals surface area contributed by atoms with E-state index in [4.69, 9.17) is 5.73 Å². The monoisotopic (exact) mass is 331 g/mol. The minimum absolute atomic E-state index is 0. The molecule has 2 bridgehead atoms. The first kappa shape index (κ1) is 19.2. The molecule has 0 saturated heterocycles. The lowest BCUT2D eigenvalue weighted by Crippen LogP contribution is -2.51. The van der Waals surface area contributed by atoms with E-state index >= 15 is 0 Å². The molecule has 6 heteroatoms. The molecule has 0 spiro atoms. The van der Waals surface area contributed by atoms with Gasteiger partial charge in [0.15, 0.2) is 0 Å². The number of nitrogens with one attached hydrogen (secondary N) is 1. The first-order valence-corrected chi connectivity index (χ1v) is 8.31. The average molecular weight is 332 g/mol. The second-order valence-corrected chi connectivity index (χ2v) is 6.63. The number of hydrogen-bond acceptors (Lipinski definition) is 3. The summed E-state index contributed by atoms with van der Waals surface area (Å²) in [7, 11) is 1.61. The molecule has 2 saturated carbocycles. The molecule has 2 atom stereocenters. The van der Waals surface area contributed by atoms with Crippen LogP contribution < -0.4 is 11.1 Å². The summed E-state index contributed by atoms with van der Waals surface area (Å²) < 4.78 is 0. The summed E-state index contributed by atoms with van der Waals surface area (Å²) in [6.07, 6.45) is 6.26. The zero-order valence-electron chi connectivity index (χ0n) is 13.7. The van der Waals surface area contributed by atoms with Crippen molar-refractivity contribution in [1.29, 1.82) is 0 Å². The van der Waals surface area contributed by atoms with E-state index in [0.717, 1.165) is 32.1 Å². The van der Waals surface area contributed by atoms with Crippen molar-refractivity contribution in [3.05, 3.63) is 0 Å². The number of rotatable bonds is 5. The van der Waals surface area contributed by atoms with Crippen molar-refractivity contribution < 1.29 is 9.59 Å². The van der Waals surface area contributed by atoms with Crippen LogP contribution in [0.1, 0.15) is 45.4 Å². The molecule has 128 valence electrons. The lowest BCUT2D eigenvalue weighted by atomic mass is 9.65. The fraction of sp³-hybridized carbons (Fsp3) is 0.875. The molecule has 0 aliphatic heterocycles. The van der Waals surface area contributed by atoms with Crippen LogP contribution in [0.25, 0.3) is 0 Å². The van der Waals surface area contributed by atoms with E-state index in [0.29, 0.717) is 18.4 Å². The Morgan fingerprint density at radius 3 is 2.32 bits per heavy atom. The van der Waals surface area contributed by atoms with E-state index in [2.05, 4.69) is 5.32 Å². The van der Waals surface area contributed by atoms with Gasteiger partial charge in [-0.3, -0.25) is 9.59 Å². The molecule has 0 heterocycles. The molecule has 0 aromatic rings. The third-order valence-electron chi connectivity index (χ3n) is 5.18. The second-order valence-electron chi connectivity index (χ2n) is 6.63. The summed E-state index contributed by atoms with van der Waals surface area (Å²) in [6, 6.07) is 0.279. The molecular formula is C16H30ClN3O2. The first-order valence-electron chi connectivity index (χ1n) is 8.31. The Balaban J connectivity index is 0.00000242. The van der Waals surface area contributed by atoms with Gasteiger partial charge in [-0.1, -0.05) is 13.3 Å². The zero-order chi connectivity index (χ0) is 15.4. The Kier molecular flexibility index (Phi) is 7.63. The van der Waals surface area contributed by atoms with E-state index in [-0.39, 0.29) is 42.7 Å². The third-order valence-corrected chi connectivity index (χ3v) is 5.18. The van der Waals surface area contributed by atoms with Crippen molar-refractivity contribution >= 4 is 24.2 Å². The summed E-state index contributed by atoms with van der Waals surface area (Å²) in [4.78, 5) is 26.1. The summed E-state index contributed by atoms with van der Waals surface area (Å²) >= 11 is 0. The van der Waals surface area contributed by atoms with Gasteiger partial charge in [-0.2, -0.15) is 0 Å². The third kappa shape index (κ3) is 4.35. The number of nitrogens with zero attached hydrogens (tertiary/aromatic N) is 1. The maximum atomic E-state index is 12.8. The van der Waals surface area contributed by atoms with E-state index in [1.54, 1.807) is 11.9 Å². The molecule has 3 N–H and O–H groups in total. The van der Waals surface area contributed by atoms with Gasteiger partial charge in [0, 0.05) is 25.6 Å². The fourth-order valence-electron chi connectivity index (χ4n) is 4.04. The average Bonchev–Trinajstić information content (AvgIpc) is 2.45. The van der Waals surface area contributed by atoms with Gasteiger partial charge in [-0.05, 0) is 43.9 Å². The van der Waals surface area contributed by atoms with Gasteiger partial charge in [-0.15, -0.1) is 12.4 Å². The fourth-order valence-corrected chi connectivity index (χ4v) is 4.04. The van der Waals surface area contributed by atoms with Crippen molar-refractivity contribution in [1.82, 2.24) is 10.2 Å². The molecule has 5 nitrogen and oxygen atoms in total. The highest BCUT2D eigenvalue weighted by atomic mass is 35.5. The van der Waals surface area contributed by atoms with Crippen molar-refractivity contribution in [2.24, 2.45) is 23.5 Å². The summed E-state index contributed by atoms with van der Waals surface area (Å²) in [5, 5.41) is 2.61. The predicted molar refractivity (Wildman–Crippen MR) is 89.7 cm³/mol. The Bertz CT molecular complexity index is 378. The number of carbonyl (C=O) groups excluding carboxylic acids is 2. The number of fused-ring (bicyclic) bond motifs is 2. The van der Waals surface area contributed by atoms with Crippen LogP contribution in [0, 0.1) is 17.8 Å². The van der Waals surface area contributed by atoms with Crippen LogP contribution in [0.5, 0.6) is 0 Å². The van der Waals surface area contributed by atoms with E-state index in [9.17, 15) is 9.59 Å². The Hall–Kier alpha value is -0.810. The SMILES string of the molecule is CCCN(CC(=O)NC)C(=O)C1CC2CCCC(C1)C2N.Cl. The number of hydrogen-bond donors (Lipinski definition) is 2. The minimum atomic E-state index is -0.0931. The van der Waals surface area contributed by atoms with Crippen LogP contribution in [0.4, 0.5) is 0 Å². The molecule has 0 aromatic carbocycles. The van der Waals surface area contributed by atoms with Crippen molar-refractivity contribution in [2.75, 3.05) is 20.1 Å². The molecule has 0 aromatic heterocycles. The first-order chi connectivity index (χ1) is 10.1. The standard InChI is InChI=1S/C16H29N3O2.ClH/c1-3-7-19(10-14(20)18-2)16(21)13-8-11-5-4-6-12(9-13)15(11)17;/h11-13,15H,3-10,17H2,1-2H3,(H,18,20);1H. The van der Waals surface area contributed by atoms with Crippen molar-refractivity contribution in [3.8, 4) is 0 Å². The number of amides is 2. The van der Waals surface area contributed by atoms with Crippen LogP contribution in [0.2, 0.25) is 0 Å². The molecule has 2 rings (SSSR count). The van der Waals surface area contributed by atoms with Crippen LogP contribution >= 0.6 is 12.4 Å². The highest BCUT2D eigenvalue weighted by Crippen LogP contribution is 2.42. The lowest BCUT2D eigenvalue weighted by Gasteiger charge is -2.44. The normalized spacial score (nSPS) is 30.1. The Morgan fingerprint density at radius 2 is 1.82 bits per heavy atom. The van der Waals surface area contributed by atoms with E-state index in [1.807, 2.05) is 6.92 Å². The summed E-state index contributed by atoms with van der Waals surface area (Å²) in [6.45, 7) is 2.88. The zero-order valence-corrected chi connectivity index (χ0v) is 14.5. The van der Waals surface area contributed by atoms with Gasteiger partial charge in [0.2, 0.25) is 11.8 Å². The lowest BCUT2D eigenvalue weighted by molar-refractivity contribution is -0.142. The molecule has 2 aliphatic carbocycles. The van der Waals surface area contributed by atoms with Gasteiger partial charge in [0.25, 0.3) is 0 Å². The smallest absolute Gasteiger partial charge is 0.239 e. The van der Waals surface area contributed by atoms with Crippen LogP contribution in [0.15, 0.2) is 0 Å². The molecule has 2 aliphatic rings. The maximum Gasteiger partial charge on any atom is 0.239 e. The minimum Gasteiger partial charge on any atom is -0.358 e. The Morgan fingerprint density at radius 1 is 1.23 bits per heavy atom. The quantitative estimate of drug-likeness (QED) is 0.802. The van der Waals surface area contributed by atoms with E-state index < -0.39 is 0 Å². The van der Waals surface area contributed by atoms with Crippen LogP contribution in [-0.2, 0) is 9.59 Å². The van der Waals surface area contributed by atoms with Gasteiger partial charge >= 0.3 is 0 Å². The number of carbonyl (C=O) groups is 2. The molecule has 22 heavy (non-hydrogen) atoms. The molecule has 2 amide bonds.